The van der Waals surface area contributed by atoms with E-state index in [1.807, 2.05) is 37.3 Å². The first kappa shape index (κ1) is 23.3. The van der Waals surface area contributed by atoms with Crippen molar-refractivity contribution in [1.29, 1.82) is 0 Å². The minimum Gasteiger partial charge on any atom is -0.490 e. The Labute approximate surface area is 200 Å². The number of aryl methyl sites for hydroxylation is 1. The number of carbonyl (C=O) groups excluding carboxylic acids is 1. The van der Waals surface area contributed by atoms with Crippen LogP contribution in [0.25, 0.3) is 0 Å². The zero-order valence-electron chi connectivity index (χ0n) is 19.3. The van der Waals surface area contributed by atoms with E-state index >= 15 is 0 Å². The van der Waals surface area contributed by atoms with Crippen LogP contribution in [0.5, 0.6) is 11.5 Å². The summed E-state index contributed by atoms with van der Waals surface area (Å²) in [4.78, 5) is 16.3. The Kier molecular flexibility index (Phi) is 8.02. The molecule has 0 saturated carbocycles. The van der Waals surface area contributed by atoms with E-state index in [9.17, 15) is 4.79 Å². The molecule has 1 aromatic heterocycles. The van der Waals surface area contributed by atoms with Gasteiger partial charge in [0.25, 0.3) is 0 Å². The average molecular weight is 465 g/mol. The molecule has 1 saturated heterocycles. The first-order valence-electron chi connectivity index (χ1n) is 11.6. The van der Waals surface area contributed by atoms with Gasteiger partial charge in [-0.15, -0.1) is 11.3 Å². The Morgan fingerprint density at radius 2 is 1.79 bits per heavy atom. The van der Waals surface area contributed by atoms with Gasteiger partial charge in [-0.2, -0.15) is 0 Å². The number of thiophene rings is 1. The van der Waals surface area contributed by atoms with Gasteiger partial charge < -0.3 is 14.8 Å². The Hall–Kier alpha value is -2.83. The van der Waals surface area contributed by atoms with Crippen LogP contribution in [0.3, 0.4) is 0 Å². The number of para-hydroxylation sites is 2. The molecule has 1 unspecified atom stereocenters. The third-order valence-electron chi connectivity index (χ3n) is 5.89. The third kappa shape index (κ3) is 6.36. The van der Waals surface area contributed by atoms with Crippen molar-refractivity contribution in [2.45, 2.75) is 38.8 Å². The molecular formula is C27H32N2O3S. The lowest BCUT2D eigenvalue weighted by molar-refractivity contribution is -0.123. The van der Waals surface area contributed by atoms with Crippen LogP contribution in [0.4, 0.5) is 0 Å². The van der Waals surface area contributed by atoms with E-state index in [-0.39, 0.29) is 18.1 Å². The molecule has 6 heteroatoms. The lowest BCUT2D eigenvalue weighted by Crippen LogP contribution is -2.44. The van der Waals surface area contributed by atoms with Crippen LogP contribution >= 0.6 is 11.3 Å². The highest BCUT2D eigenvalue weighted by Gasteiger charge is 2.24. The molecule has 33 heavy (non-hydrogen) atoms. The minimum absolute atomic E-state index is 0.0510. The maximum atomic E-state index is 13.0. The fourth-order valence-corrected chi connectivity index (χ4v) is 4.93. The second kappa shape index (κ2) is 11.3. The zero-order valence-corrected chi connectivity index (χ0v) is 20.1. The highest BCUT2D eigenvalue weighted by atomic mass is 32.1. The highest BCUT2D eigenvalue weighted by Crippen LogP contribution is 2.30. The molecule has 0 spiro atoms. The van der Waals surface area contributed by atoms with Gasteiger partial charge in [0, 0.05) is 18.0 Å². The van der Waals surface area contributed by atoms with Gasteiger partial charge >= 0.3 is 0 Å². The maximum Gasteiger partial charge on any atom is 0.234 e. The Balaban J connectivity index is 1.31. The average Bonchev–Trinajstić information content (AvgIpc) is 3.36. The van der Waals surface area contributed by atoms with Crippen molar-refractivity contribution in [3.05, 3.63) is 82.0 Å². The van der Waals surface area contributed by atoms with Gasteiger partial charge in [-0.1, -0.05) is 48.0 Å². The smallest absolute Gasteiger partial charge is 0.234 e. The number of piperidine rings is 1. The number of hydrogen-bond acceptors (Lipinski definition) is 5. The summed E-state index contributed by atoms with van der Waals surface area (Å²) < 4.78 is 11.9. The molecule has 1 N–H and O–H groups in total. The van der Waals surface area contributed by atoms with Crippen molar-refractivity contribution < 1.29 is 14.3 Å². The molecular weight excluding hydrogens is 432 g/mol. The molecule has 1 amide bonds. The van der Waals surface area contributed by atoms with E-state index in [1.54, 1.807) is 11.3 Å². The molecule has 0 aliphatic carbocycles. The Morgan fingerprint density at radius 1 is 1.06 bits per heavy atom. The lowest BCUT2D eigenvalue weighted by atomic mass is 10.0. The third-order valence-corrected chi connectivity index (χ3v) is 6.83. The number of rotatable bonds is 9. The van der Waals surface area contributed by atoms with E-state index in [4.69, 9.17) is 9.47 Å². The van der Waals surface area contributed by atoms with Crippen molar-refractivity contribution in [2.75, 3.05) is 26.2 Å². The molecule has 0 radical (unpaired) electrons. The minimum atomic E-state index is -0.117. The molecule has 1 aliphatic rings. The molecule has 1 aliphatic heterocycles. The lowest BCUT2D eigenvalue weighted by Gasteiger charge is -2.32. The van der Waals surface area contributed by atoms with Gasteiger partial charge in [-0.25, -0.2) is 0 Å². The van der Waals surface area contributed by atoms with Gasteiger partial charge in [0.05, 0.1) is 19.2 Å². The summed E-state index contributed by atoms with van der Waals surface area (Å²) in [5, 5.41) is 5.31. The van der Waals surface area contributed by atoms with Gasteiger partial charge in [-0.05, 0) is 55.8 Å². The van der Waals surface area contributed by atoms with Crippen LogP contribution in [-0.2, 0) is 4.79 Å². The Bertz CT molecular complexity index is 1010. The zero-order chi connectivity index (χ0) is 23.0. The van der Waals surface area contributed by atoms with E-state index in [0.29, 0.717) is 13.2 Å². The molecule has 2 heterocycles. The molecule has 5 nitrogen and oxygen atoms in total. The summed E-state index contributed by atoms with van der Waals surface area (Å²) >= 11 is 1.67. The van der Waals surface area contributed by atoms with Crippen molar-refractivity contribution in [3.8, 4) is 11.5 Å². The largest absolute Gasteiger partial charge is 0.490 e. The molecule has 1 fully saturated rings. The quantitative estimate of drug-likeness (QED) is 0.473. The summed E-state index contributed by atoms with van der Waals surface area (Å²) in [6.45, 7) is 6.73. The number of carbonyl (C=O) groups is 1. The number of amides is 1. The predicted octanol–water partition coefficient (Wildman–Crippen LogP) is 5.20. The normalized spacial score (nSPS) is 15.7. The molecule has 4 rings (SSSR count). The first-order chi connectivity index (χ1) is 16.1. The van der Waals surface area contributed by atoms with E-state index < -0.39 is 0 Å². The van der Waals surface area contributed by atoms with E-state index in [1.165, 1.54) is 5.56 Å². The highest BCUT2D eigenvalue weighted by molar-refractivity contribution is 7.10. The summed E-state index contributed by atoms with van der Waals surface area (Å²) in [6.07, 6.45) is 1.91. The second-order valence-electron chi connectivity index (χ2n) is 8.40. The summed E-state index contributed by atoms with van der Waals surface area (Å²) in [6, 6.07) is 20.2. The standard InChI is InChI=1S/C27H32N2O3S/c1-3-31-23-7-4-5-8-24(23)32-22-14-16-29(17-15-22)19-26(30)28-27(25-9-6-18-33-25)21-12-10-20(2)11-13-21/h4-13,18,22,27H,3,14-17,19H2,1-2H3,(H,28,30). The van der Waals surface area contributed by atoms with Crippen molar-refractivity contribution in [3.63, 3.8) is 0 Å². The van der Waals surface area contributed by atoms with Crippen LogP contribution in [0, 0.1) is 6.92 Å². The van der Waals surface area contributed by atoms with Gasteiger partial charge in [0.15, 0.2) is 11.5 Å². The molecule has 174 valence electrons. The monoisotopic (exact) mass is 464 g/mol. The van der Waals surface area contributed by atoms with Crippen LogP contribution in [-0.4, -0.2) is 43.2 Å². The van der Waals surface area contributed by atoms with Crippen LogP contribution < -0.4 is 14.8 Å². The SMILES string of the molecule is CCOc1ccccc1OC1CCN(CC(=O)NC(c2ccc(C)cc2)c2cccs2)CC1. The number of nitrogens with one attached hydrogen (secondary N) is 1. The van der Waals surface area contributed by atoms with Gasteiger partial charge in [0.1, 0.15) is 6.10 Å². The predicted molar refractivity (Wildman–Crippen MR) is 133 cm³/mol. The summed E-state index contributed by atoms with van der Waals surface area (Å²) in [5.41, 5.74) is 2.32. The number of hydrogen-bond donors (Lipinski definition) is 1. The second-order valence-corrected chi connectivity index (χ2v) is 9.38. The topological polar surface area (TPSA) is 50.8 Å². The first-order valence-corrected chi connectivity index (χ1v) is 12.5. The fraction of sp³-hybridized carbons (Fsp3) is 0.370. The van der Waals surface area contributed by atoms with Crippen LogP contribution in [0.15, 0.2) is 66.0 Å². The number of benzene rings is 2. The molecule has 3 aromatic rings. The molecule has 0 bridgehead atoms. The number of ether oxygens (including phenoxy) is 2. The van der Waals surface area contributed by atoms with Crippen LogP contribution in [0.2, 0.25) is 0 Å². The van der Waals surface area contributed by atoms with Gasteiger partial charge in [-0.3, -0.25) is 9.69 Å². The van der Waals surface area contributed by atoms with Crippen molar-refractivity contribution in [2.24, 2.45) is 0 Å². The Morgan fingerprint density at radius 3 is 2.45 bits per heavy atom. The number of likely N-dealkylation sites (tertiary alicyclic amines) is 1. The molecule has 1 atom stereocenters. The summed E-state index contributed by atoms with van der Waals surface area (Å²) in [7, 11) is 0. The maximum absolute atomic E-state index is 13.0. The fourth-order valence-electron chi connectivity index (χ4n) is 4.13. The molecule has 2 aromatic carbocycles. The van der Waals surface area contributed by atoms with E-state index in [0.717, 1.165) is 47.9 Å². The van der Waals surface area contributed by atoms with Crippen LogP contribution in [0.1, 0.15) is 41.8 Å². The van der Waals surface area contributed by atoms with E-state index in [2.05, 4.69) is 52.9 Å². The summed E-state index contributed by atoms with van der Waals surface area (Å²) in [5.74, 6) is 1.64. The van der Waals surface area contributed by atoms with Crippen molar-refractivity contribution in [1.82, 2.24) is 10.2 Å². The number of nitrogens with zero attached hydrogens (tertiary/aromatic N) is 1. The van der Waals surface area contributed by atoms with Crippen molar-refractivity contribution >= 4 is 17.2 Å². The van der Waals surface area contributed by atoms with Gasteiger partial charge in [0.2, 0.25) is 5.91 Å².